The van der Waals surface area contributed by atoms with Crippen LogP contribution in [0.25, 0.3) is 0 Å². The number of nitrogens with zero attached hydrogens (tertiary/aromatic N) is 1. The third-order valence-electron chi connectivity index (χ3n) is 3.47. The van der Waals surface area contributed by atoms with Crippen LogP contribution < -0.4 is 5.32 Å². The number of anilines is 1. The number of ether oxygens (including phenoxy) is 1. The maximum absolute atomic E-state index is 11.7. The second kappa shape index (κ2) is 7.09. The van der Waals surface area contributed by atoms with Crippen LogP contribution in [0.4, 0.5) is 10.5 Å². The number of benzene rings is 1. The summed E-state index contributed by atoms with van der Waals surface area (Å²) in [4.78, 5) is 14.0. The summed E-state index contributed by atoms with van der Waals surface area (Å²) in [6, 6.07) is 8.21. The fourth-order valence-electron chi connectivity index (χ4n) is 2.34. The van der Waals surface area contributed by atoms with Crippen molar-refractivity contribution >= 4 is 34.4 Å². The molecular formula is C14H19IN2O2. The molecule has 0 bridgehead atoms. The highest BCUT2D eigenvalue weighted by atomic mass is 127. The first-order chi connectivity index (χ1) is 9.16. The summed E-state index contributed by atoms with van der Waals surface area (Å²) >= 11 is 2.19. The normalized spacial score (nSPS) is 19.4. The summed E-state index contributed by atoms with van der Waals surface area (Å²) < 4.78 is 6.24. The zero-order valence-corrected chi connectivity index (χ0v) is 13.2. The van der Waals surface area contributed by atoms with E-state index in [1.807, 2.05) is 24.3 Å². The number of likely N-dealkylation sites (tertiary alicyclic amines) is 1. The highest BCUT2D eigenvalue weighted by molar-refractivity contribution is 14.1. The second-order valence-electron chi connectivity index (χ2n) is 4.81. The van der Waals surface area contributed by atoms with Crippen molar-refractivity contribution in [1.29, 1.82) is 0 Å². The van der Waals surface area contributed by atoms with Gasteiger partial charge in [-0.25, -0.2) is 4.79 Å². The van der Waals surface area contributed by atoms with E-state index in [9.17, 15) is 4.79 Å². The molecule has 4 nitrogen and oxygen atoms in total. The number of carbonyl (C=O) groups excluding carboxylic acids is 1. The molecule has 0 radical (unpaired) electrons. The SMILES string of the molecule is CN1CCCC1CCOC(=O)Nc1ccccc1I. The number of hydrogen-bond donors (Lipinski definition) is 1. The van der Waals surface area contributed by atoms with E-state index < -0.39 is 0 Å². The number of nitrogens with one attached hydrogen (secondary N) is 1. The van der Waals surface area contributed by atoms with Gasteiger partial charge in [0.05, 0.1) is 12.3 Å². The Kier molecular flexibility index (Phi) is 5.45. The van der Waals surface area contributed by atoms with Gasteiger partial charge in [-0.2, -0.15) is 0 Å². The summed E-state index contributed by atoms with van der Waals surface area (Å²) in [5.74, 6) is 0. The van der Waals surface area contributed by atoms with E-state index in [1.54, 1.807) is 0 Å². The van der Waals surface area contributed by atoms with E-state index in [2.05, 4.69) is 39.9 Å². The molecule has 0 aromatic heterocycles. The molecule has 1 heterocycles. The molecule has 2 rings (SSSR count). The lowest BCUT2D eigenvalue weighted by molar-refractivity contribution is 0.147. The third-order valence-corrected chi connectivity index (χ3v) is 4.41. The van der Waals surface area contributed by atoms with Crippen molar-refractivity contribution in [2.75, 3.05) is 25.5 Å². The smallest absolute Gasteiger partial charge is 0.411 e. The van der Waals surface area contributed by atoms with Gasteiger partial charge in [-0.15, -0.1) is 0 Å². The lowest BCUT2D eigenvalue weighted by Gasteiger charge is -2.18. The highest BCUT2D eigenvalue weighted by Gasteiger charge is 2.20. The molecule has 1 N–H and O–H groups in total. The maximum Gasteiger partial charge on any atom is 0.411 e. The van der Waals surface area contributed by atoms with Crippen LogP contribution in [0.5, 0.6) is 0 Å². The monoisotopic (exact) mass is 374 g/mol. The first-order valence-electron chi connectivity index (χ1n) is 6.55. The van der Waals surface area contributed by atoms with Crippen LogP contribution in [0.3, 0.4) is 0 Å². The molecule has 0 aliphatic carbocycles. The van der Waals surface area contributed by atoms with Crippen molar-refractivity contribution in [3.63, 3.8) is 0 Å². The zero-order valence-electron chi connectivity index (χ0n) is 11.1. The van der Waals surface area contributed by atoms with Gasteiger partial charge in [-0.3, -0.25) is 5.32 Å². The van der Waals surface area contributed by atoms with Gasteiger partial charge in [-0.05, 0) is 67.6 Å². The van der Waals surface area contributed by atoms with Gasteiger partial charge in [-0.1, -0.05) is 12.1 Å². The van der Waals surface area contributed by atoms with Crippen LogP contribution in [0.2, 0.25) is 0 Å². The predicted molar refractivity (Wildman–Crippen MR) is 84.4 cm³/mol. The molecule has 1 fully saturated rings. The number of rotatable bonds is 4. The molecule has 0 spiro atoms. The van der Waals surface area contributed by atoms with E-state index in [0.717, 1.165) is 22.2 Å². The van der Waals surface area contributed by atoms with Crippen molar-refractivity contribution in [3.05, 3.63) is 27.8 Å². The molecule has 1 saturated heterocycles. The van der Waals surface area contributed by atoms with E-state index in [4.69, 9.17) is 4.74 Å². The quantitative estimate of drug-likeness (QED) is 0.823. The van der Waals surface area contributed by atoms with Gasteiger partial charge in [0, 0.05) is 9.61 Å². The molecule has 19 heavy (non-hydrogen) atoms. The first-order valence-corrected chi connectivity index (χ1v) is 7.63. The van der Waals surface area contributed by atoms with Gasteiger partial charge < -0.3 is 9.64 Å². The molecular weight excluding hydrogens is 355 g/mol. The van der Waals surface area contributed by atoms with E-state index in [0.29, 0.717) is 12.6 Å². The summed E-state index contributed by atoms with van der Waals surface area (Å²) in [5.41, 5.74) is 0.797. The molecule has 1 unspecified atom stereocenters. The van der Waals surface area contributed by atoms with Crippen LogP contribution in [-0.2, 0) is 4.74 Å². The average molecular weight is 374 g/mol. The fourth-order valence-corrected chi connectivity index (χ4v) is 2.86. The summed E-state index contributed by atoms with van der Waals surface area (Å²) in [6.07, 6.45) is 2.99. The van der Waals surface area contributed by atoms with Gasteiger partial charge in [0.15, 0.2) is 0 Å². The van der Waals surface area contributed by atoms with Crippen molar-refractivity contribution in [2.45, 2.75) is 25.3 Å². The average Bonchev–Trinajstić information content (AvgIpc) is 2.78. The van der Waals surface area contributed by atoms with Crippen LogP contribution in [0.1, 0.15) is 19.3 Å². The third kappa shape index (κ3) is 4.35. The molecule has 1 aliphatic heterocycles. The maximum atomic E-state index is 11.7. The van der Waals surface area contributed by atoms with Crippen molar-refractivity contribution in [3.8, 4) is 0 Å². The number of carbonyl (C=O) groups is 1. The van der Waals surface area contributed by atoms with E-state index in [1.165, 1.54) is 12.8 Å². The molecule has 1 amide bonds. The van der Waals surface area contributed by atoms with Gasteiger partial charge >= 0.3 is 6.09 Å². The Balaban J connectivity index is 1.72. The van der Waals surface area contributed by atoms with Crippen LogP contribution >= 0.6 is 22.6 Å². The Bertz CT molecular complexity index is 439. The molecule has 0 saturated carbocycles. The molecule has 1 aromatic rings. The fraction of sp³-hybridized carbons (Fsp3) is 0.500. The molecule has 1 atom stereocenters. The molecule has 104 valence electrons. The zero-order chi connectivity index (χ0) is 13.7. The Labute approximate surface area is 127 Å². The number of para-hydroxylation sites is 1. The van der Waals surface area contributed by atoms with Crippen molar-refractivity contribution in [2.24, 2.45) is 0 Å². The minimum atomic E-state index is -0.371. The standard InChI is InChI=1S/C14H19IN2O2/c1-17-9-4-5-11(17)8-10-19-14(18)16-13-7-3-2-6-12(13)15/h2-3,6-7,11H,4-5,8-10H2,1H3,(H,16,18). The molecule has 5 heteroatoms. The lowest BCUT2D eigenvalue weighted by atomic mass is 10.2. The highest BCUT2D eigenvalue weighted by Crippen LogP contribution is 2.19. The summed E-state index contributed by atoms with van der Waals surface area (Å²) in [7, 11) is 2.13. The Morgan fingerprint density at radius 3 is 3.00 bits per heavy atom. The predicted octanol–water partition coefficient (Wildman–Crippen LogP) is 3.32. The van der Waals surface area contributed by atoms with Gasteiger partial charge in [0.25, 0.3) is 0 Å². The van der Waals surface area contributed by atoms with Gasteiger partial charge in [0.1, 0.15) is 0 Å². The Morgan fingerprint density at radius 1 is 1.53 bits per heavy atom. The van der Waals surface area contributed by atoms with Crippen LogP contribution in [0.15, 0.2) is 24.3 Å². The Hall–Kier alpha value is -0.820. The van der Waals surface area contributed by atoms with Crippen molar-refractivity contribution < 1.29 is 9.53 Å². The second-order valence-corrected chi connectivity index (χ2v) is 5.97. The summed E-state index contributed by atoms with van der Waals surface area (Å²) in [6.45, 7) is 1.63. The topological polar surface area (TPSA) is 41.6 Å². The first kappa shape index (κ1) is 14.6. The molecule has 1 aromatic carbocycles. The number of hydrogen-bond acceptors (Lipinski definition) is 3. The van der Waals surface area contributed by atoms with Gasteiger partial charge in [0.2, 0.25) is 0 Å². The van der Waals surface area contributed by atoms with Crippen LogP contribution in [0, 0.1) is 3.57 Å². The lowest BCUT2D eigenvalue weighted by Crippen LogP contribution is -2.27. The van der Waals surface area contributed by atoms with E-state index >= 15 is 0 Å². The van der Waals surface area contributed by atoms with E-state index in [-0.39, 0.29) is 6.09 Å². The number of amides is 1. The van der Waals surface area contributed by atoms with Crippen LogP contribution in [-0.4, -0.2) is 37.2 Å². The largest absolute Gasteiger partial charge is 0.449 e. The summed E-state index contributed by atoms with van der Waals surface area (Å²) in [5, 5.41) is 2.76. The minimum Gasteiger partial charge on any atom is -0.449 e. The van der Waals surface area contributed by atoms with Crippen molar-refractivity contribution in [1.82, 2.24) is 4.90 Å². The minimum absolute atomic E-state index is 0.371. The Morgan fingerprint density at radius 2 is 2.32 bits per heavy atom. The number of halogens is 1. The molecule has 1 aliphatic rings.